The Labute approximate surface area is 85.1 Å². The number of hydrogen-bond donors (Lipinski definition) is 1. The van der Waals surface area contributed by atoms with Crippen LogP contribution in [-0.2, 0) is 0 Å². The molecule has 0 radical (unpaired) electrons. The summed E-state index contributed by atoms with van der Waals surface area (Å²) in [6, 6.07) is 0. The van der Waals surface area contributed by atoms with E-state index in [1.807, 2.05) is 0 Å². The molecular weight excluding hydrogens is 184 g/mol. The average molecular weight is 205 g/mol. The van der Waals surface area contributed by atoms with E-state index in [4.69, 9.17) is 5.73 Å². The summed E-state index contributed by atoms with van der Waals surface area (Å²) in [6.45, 7) is 4.45. The Bertz CT molecular complexity index is 180. The summed E-state index contributed by atoms with van der Waals surface area (Å²) in [5.41, 5.74) is 5.64. The van der Waals surface area contributed by atoms with Crippen molar-refractivity contribution >= 4 is 0 Å². The molecule has 0 heterocycles. The van der Waals surface area contributed by atoms with Crippen molar-refractivity contribution in [2.45, 2.75) is 46.0 Å². The number of hydrogen-bond acceptors (Lipinski definition) is 1. The van der Waals surface area contributed by atoms with Crippen LogP contribution in [0, 0.1) is 17.3 Å². The van der Waals surface area contributed by atoms with Gasteiger partial charge in [-0.25, -0.2) is 8.78 Å². The largest absolute Gasteiger partial charge is 0.330 e. The monoisotopic (exact) mass is 205 g/mol. The van der Waals surface area contributed by atoms with Crippen molar-refractivity contribution in [3.63, 3.8) is 0 Å². The lowest BCUT2D eigenvalue weighted by Crippen LogP contribution is -2.35. The van der Waals surface area contributed by atoms with Gasteiger partial charge < -0.3 is 5.73 Å². The lowest BCUT2D eigenvalue weighted by atomic mass is 9.68. The fraction of sp³-hybridized carbons (Fsp3) is 1.00. The molecule has 14 heavy (non-hydrogen) atoms. The number of halogens is 2. The minimum Gasteiger partial charge on any atom is -0.330 e. The SMILES string of the molecule is CC1(C)CCCC(C(CN)C(F)F)C1. The summed E-state index contributed by atoms with van der Waals surface area (Å²) in [7, 11) is 0. The first-order valence-corrected chi connectivity index (χ1v) is 5.44. The molecule has 0 aromatic heterocycles. The molecule has 1 rings (SSSR count). The van der Waals surface area contributed by atoms with Crippen LogP contribution in [0.5, 0.6) is 0 Å². The van der Waals surface area contributed by atoms with Gasteiger partial charge in [0.15, 0.2) is 0 Å². The van der Waals surface area contributed by atoms with E-state index in [0.717, 1.165) is 25.7 Å². The van der Waals surface area contributed by atoms with E-state index in [1.165, 1.54) is 0 Å². The Morgan fingerprint density at radius 1 is 1.43 bits per heavy atom. The molecule has 2 atom stereocenters. The lowest BCUT2D eigenvalue weighted by molar-refractivity contribution is 0.0165. The second-order valence-electron chi connectivity index (χ2n) is 5.25. The van der Waals surface area contributed by atoms with Crippen molar-refractivity contribution in [1.29, 1.82) is 0 Å². The van der Waals surface area contributed by atoms with E-state index < -0.39 is 12.3 Å². The normalized spacial score (nSPS) is 29.1. The van der Waals surface area contributed by atoms with Crippen molar-refractivity contribution in [3.05, 3.63) is 0 Å². The maximum absolute atomic E-state index is 12.7. The molecule has 0 aliphatic heterocycles. The third-order valence-electron chi connectivity index (χ3n) is 3.44. The molecule has 1 aliphatic rings. The van der Waals surface area contributed by atoms with Crippen LogP contribution in [-0.4, -0.2) is 13.0 Å². The van der Waals surface area contributed by atoms with Gasteiger partial charge in [-0.2, -0.15) is 0 Å². The molecule has 0 aromatic rings. The summed E-state index contributed by atoms with van der Waals surface area (Å²) in [6.07, 6.45) is 1.80. The number of nitrogens with two attached hydrogens (primary N) is 1. The Kier molecular flexibility index (Phi) is 3.87. The first-order valence-electron chi connectivity index (χ1n) is 5.44. The maximum Gasteiger partial charge on any atom is 0.242 e. The molecule has 1 aliphatic carbocycles. The zero-order chi connectivity index (χ0) is 10.8. The molecule has 0 spiro atoms. The molecule has 1 fully saturated rings. The van der Waals surface area contributed by atoms with Crippen LogP contribution in [0.4, 0.5) is 8.78 Å². The Balaban J connectivity index is 2.58. The highest BCUT2D eigenvalue weighted by Gasteiger charge is 2.35. The van der Waals surface area contributed by atoms with E-state index in [-0.39, 0.29) is 17.9 Å². The van der Waals surface area contributed by atoms with Gasteiger partial charge in [0.1, 0.15) is 0 Å². The molecule has 0 amide bonds. The molecule has 1 saturated carbocycles. The Morgan fingerprint density at radius 2 is 2.07 bits per heavy atom. The van der Waals surface area contributed by atoms with Crippen LogP contribution in [0.15, 0.2) is 0 Å². The molecule has 2 unspecified atom stereocenters. The van der Waals surface area contributed by atoms with Gasteiger partial charge in [-0.3, -0.25) is 0 Å². The van der Waals surface area contributed by atoms with Gasteiger partial charge in [-0.1, -0.05) is 20.3 Å². The van der Waals surface area contributed by atoms with Crippen molar-refractivity contribution in [2.24, 2.45) is 23.0 Å². The molecule has 0 saturated heterocycles. The van der Waals surface area contributed by atoms with Crippen molar-refractivity contribution < 1.29 is 8.78 Å². The summed E-state index contributed by atoms with van der Waals surface area (Å²) < 4.78 is 25.3. The van der Waals surface area contributed by atoms with E-state index >= 15 is 0 Å². The van der Waals surface area contributed by atoms with Crippen molar-refractivity contribution in [2.75, 3.05) is 6.54 Å². The number of rotatable bonds is 3. The van der Waals surface area contributed by atoms with Crippen LogP contribution in [0.1, 0.15) is 39.5 Å². The quantitative estimate of drug-likeness (QED) is 0.753. The third kappa shape index (κ3) is 2.91. The van der Waals surface area contributed by atoms with E-state index in [1.54, 1.807) is 0 Å². The molecular formula is C11H21F2N. The minimum atomic E-state index is -2.25. The standard InChI is InChI=1S/C11H21F2N/c1-11(2)5-3-4-8(6-11)9(7-14)10(12)13/h8-10H,3-7,14H2,1-2H3. The smallest absolute Gasteiger partial charge is 0.242 e. The molecule has 84 valence electrons. The third-order valence-corrected chi connectivity index (χ3v) is 3.44. The molecule has 1 nitrogen and oxygen atoms in total. The fourth-order valence-corrected chi connectivity index (χ4v) is 2.62. The van der Waals surface area contributed by atoms with Crippen molar-refractivity contribution in [1.82, 2.24) is 0 Å². The van der Waals surface area contributed by atoms with Gasteiger partial charge in [-0.05, 0) is 30.6 Å². The highest BCUT2D eigenvalue weighted by Crippen LogP contribution is 2.42. The van der Waals surface area contributed by atoms with Crippen LogP contribution in [0.3, 0.4) is 0 Å². The van der Waals surface area contributed by atoms with Gasteiger partial charge in [-0.15, -0.1) is 0 Å². The van der Waals surface area contributed by atoms with Gasteiger partial charge in [0.05, 0.1) is 0 Å². The first-order chi connectivity index (χ1) is 6.46. The van der Waals surface area contributed by atoms with E-state index in [9.17, 15) is 8.78 Å². The fourth-order valence-electron chi connectivity index (χ4n) is 2.62. The minimum absolute atomic E-state index is 0.123. The van der Waals surface area contributed by atoms with Gasteiger partial charge in [0.2, 0.25) is 6.43 Å². The first kappa shape index (κ1) is 11.9. The van der Waals surface area contributed by atoms with Gasteiger partial charge in [0, 0.05) is 12.5 Å². The highest BCUT2D eigenvalue weighted by molar-refractivity contribution is 4.84. The number of alkyl halides is 2. The summed E-state index contributed by atoms with van der Waals surface area (Å²) in [5, 5.41) is 0. The predicted molar refractivity (Wildman–Crippen MR) is 54.3 cm³/mol. The topological polar surface area (TPSA) is 26.0 Å². The zero-order valence-corrected chi connectivity index (χ0v) is 9.10. The van der Waals surface area contributed by atoms with Crippen molar-refractivity contribution in [3.8, 4) is 0 Å². The molecule has 0 aromatic carbocycles. The molecule has 0 bridgehead atoms. The van der Waals surface area contributed by atoms with E-state index in [2.05, 4.69) is 13.8 Å². The van der Waals surface area contributed by atoms with Crippen LogP contribution in [0.2, 0.25) is 0 Å². The Hall–Kier alpha value is -0.180. The van der Waals surface area contributed by atoms with Gasteiger partial charge in [0.25, 0.3) is 0 Å². The molecule has 3 heteroatoms. The lowest BCUT2D eigenvalue weighted by Gasteiger charge is -2.38. The summed E-state index contributed by atoms with van der Waals surface area (Å²) in [5.74, 6) is -0.460. The van der Waals surface area contributed by atoms with Gasteiger partial charge >= 0.3 is 0 Å². The van der Waals surface area contributed by atoms with Crippen LogP contribution in [0.25, 0.3) is 0 Å². The highest BCUT2D eigenvalue weighted by atomic mass is 19.3. The van der Waals surface area contributed by atoms with Crippen LogP contribution >= 0.6 is 0 Å². The second-order valence-corrected chi connectivity index (χ2v) is 5.25. The zero-order valence-electron chi connectivity index (χ0n) is 9.10. The summed E-state index contributed by atoms with van der Waals surface area (Å²) in [4.78, 5) is 0. The van der Waals surface area contributed by atoms with E-state index in [0.29, 0.717) is 0 Å². The second kappa shape index (κ2) is 4.56. The predicted octanol–water partition coefficient (Wildman–Crippen LogP) is 3.04. The van der Waals surface area contributed by atoms with Crippen LogP contribution < -0.4 is 5.73 Å². The Morgan fingerprint density at radius 3 is 2.50 bits per heavy atom. The summed E-state index contributed by atoms with van der Waals surface area (Å²) >= 11 is 0. The molecule has 2 N–H and O–H groups in total. The maximum atomic E-state index is 12.7. The average Bonchev–Trinajstić information content (AvgIpc) is 2.02.